The zero-order valence-corrected chi connectivity index (χ0v) is 11.1. The van der Waals surface area contributed by atoms with E-state index >= 15 is 0 Å². The number of aryl methyl sites for hydroxylation is 1. The summed E-state index contributed by atoms with van der Waals surface area (Å²) in [6.07, 6.45) is 0. The molecule has 1 heterocycles. The van der Waals surface area contributed by atoms with E-state index in [0.717, 1.165) is 9.75 Å². The van der Waals surface area contributed by atoms with Crippen LogP contribution in [0.3, 0.4) is 0 Å². The molecule has 1 unspecified atom stereocenters. The van der Waals surface area contributed by atoms with Crippen LogP contribution in [-0.2, 0) is 0 Å². The molecule has 1 atom stereocenters. The van der Waals surface area contributed by atoms with Gasteiger partial charge in [-0.3, -0.25) is 0 Å². The Hall–Kier alpha value is -1.06. The second-order valence-electron chi connectivity index (χ2n) is 3.67. The van der Waals surface area contributed by atoms with E-state index in [-0.39, 0.29) is 5.82 Å². The van der Waals surface area contributed by atoms with Gasteiger partial charge in [-0.2, -0.15) is 0 Å². The fourth-order valence-corrected chi connectivity index (χ4v) is 2.96. The molecule has 0 N–H and O–H groups in total. The number of halogens is 2. The predicted molar refractivity (Wildman–Crippen MR) is 69.7 cm³/mol. The lowest BCUT2D eigenvalue weighted by molar-refractivity contribution is 0.405. The smallest absolute Gasteiger partial charge is 0.131 e. The van der Waals surface area contributed by atoms with Gasteiger partial charge in [0.2, 0.25) is 0 Å². The van der Waals surface area contributed by atoms with E-state index in [4.69, 9.17) is 16.3 Å². The maximum Gasteiger partial charge on any atom is 0.131 e. The van der Waals surface area contributed by atoms with Crippen LogP contribution in [0.4, 0.5) is 4.39 Å². The van der Waals surface area contributed by atoms with Gasteiger partial charge in [0.05, 0.1) is 18.1 Å². The summed E-state index contributed by atoms with van der Waals surface area (Å²) < 4.78 is 19.0. The third-order valence-electron chi connectivity index (χ3n) is 2.50. The highest BCUT2D eigenvalue weighted by Gasteiger charge is 2.21. The zero-order chi connectivity index (χ0) is 12.4. The lowest BCUT2D eigenvalue weighted by atomic mass is 10.1. The highest BCUT2D eigenvalue weighted by Crippen LogP contribution is 2.39. The van der Waals surface area contributed by atoms with E-state index in [1.54, 1.807) is 23.5 Å². The maximum atomic E-state index is 13.8. The first-order chi connectivity index (χ1) is 8.13. The van der Waals surface area contributed by atoms with Crippen molar-refractivity contribution in [3.63, 3.8) is 0 Å². The van der Waals surface area contributed by atoms with Crippen molar-refractivity contribution in [3.8, 4) is 5.75 Å². The van der Waals surface area contributed by atoms with Crippen molar-refractivity contribution in [2.24, 2.45) is 0 Å². The van der Waals surface area contributed by atoms with E-state index in [9.17, 15) is 4.39 Å². The fourth-order valence-electron chi connectivity index (χ4n) is 1.67. The molecule has 1 aromatic carbocycles. The third-order valence-corrected chi connectivity index (χ3v) is 4.15. The molecule has 0 aliphatic carbocycles. The van der Waals surface area contributed by atoms with Crippen LogP contribution in [0.1, 0.15) is 20.7 Å². The number of alkyl halides is 1. The van der Waals surface area contributed by atoms with Crippen molar-refractivity contribution >= 4 is 22.9 Å². The highest BCUT2D eigenvalue weighted by molar-refractivity contribution is 7.12. The minimum Gasteiger partial charge on any atom is -0.496 e. The van der Waals surface area contributed by atoms with E-state index in [2.05, 4.69) is 0 Å². The molecule has 0 fully saturated rings. The second-order valence-corrected chi connectivity index (χ2v) is 5.42. The topological polar surface area (TPSA) is 9.23 Å². The van der Waals surface area contributed by atoms with Gasteiger partial charge in [-0.25, -0.2) is 4.39 Å². The number of ether oxygens (including phenoxy) is 1. The molecule has 0 radical (unpaired) electrons. The first-order valence-electron chi connectivity index (χ1n) is 5.16. The van der Waals surface area contributed by atoms with Gasteiger partial charge in [0.25, 0.3) is 0 Å². The Morgan fingerprint density at radius 3 is 2.65 bits per heavy atom. The van der Waals surface area contributed by atoms with Crippen LogP contribution in [0.25, 0.3) is 0 Å². The first-order valence-corrected chi connectivity index (χ1v) is 6.41. The van der Waals surface area contributed by atoms with Crippen LogP contribution in [0, 0.1) is 12.7 Å². The van der Waals surface area contributed by atoms with Crippen LogP contribution in [0.15, 0.2) is 30.3 Å². The monoisotopic (exact) mass is 270 g/mol. The lowest BCUT2D eigenvalue weighted by Crippen LogP contribution is -1.99. The zero-order valence-electron chi connectivity index (χ0n) is 9.54. The van der Waals surface area contributed by atoms with Crippen molar-refractivity contribution in [3.05, 3.63) is 51.5 Å². The Labute approximate surface area is 109 Å². The van der Waals surface area contributed by atoms with Gasteiger partial charge >= 0.3 is 0 Å². The molecule has 2 aromatic rings. The number of hydrogen-bond donors (Lipinski definition) is 0. The molecule has 17 heavy (non-hydrogen) atoms. The number of methoxy groups -OCH3 is 1. The van der Waals surface area contributed by atoms with Gasteiger partial charge in [0, 0.05) is 9.75 Å². The molecule has 0 bridgehead atoms. The van der Waals surface area contributed by atoms with Gasteiger partial charge < -0.3 is 4.74 Å². The van der Waals surface area contributed by atoms with Gasteiger partial charge in [-0.1, -0.05) is 6.07 Å². The van der Waals surface area contributed by atoms with Crippen LogP contribution < -0.4 is 4.74 Å². The summed E-state index contributed by atoms with van der Waals surface area (Å²) in [6.45, 7) is 2.00. The van der Waals surface area contributed by atoms with Crippen LogP contribution >= 0.6 is 22.9 Å². The van der Waals surface area contributed by atoms with Crippen LogP contribution in [-0.4, -0.2) is 7.11 Å². The fraction of sp³-hybridized carbons (Fsp3) is 0.231. The molecular formula is C13H12ClFOS. The van der Waals surface area contributed by atoms with Crippen LogP contribution in [0.5, 0.6) is 5.75 Å². The van der Waals surface area contributed by atoms with E-state index < -0.39 is 5.38 Å². The third kappa shape index (κ3) is 2.45. The lowest BCUT2D eigenvalue weighted by Gasteiger charge is -2.13. The summed E-state index contributed by atoms with van der Waals surface area (Å²) in [7, 11) is 1.52. The maximum absolute atomic E-state index is 13.8. The largest absolute Gasteiger partial charge is 0.496 e. The molecule has 0 saturated carbocycles. The highest BCUT2D eigenvalue weighted by atomic mass is 35.5. The molecule has 0 aliphatic rings. The SMILES string of the molecule is COc1cccc(F)c1C(Cl)c1ccc(C)s1. The molecule has 2 rings (SSSR count). The first kappa shape index (κ1) is 12.4. The molecule has 1 aromatic heterocycles. The average Bonchev–Trinajstić information content (AvgIpc) is 2.74. The molecule has 0 amide bonds. The molecule has 0 saturated heterocycles. The predicted octanol–water partition coefficient (Wildman–Crippen LogP) is 4.53. The molecular weight excluding hydrogens is 259 g/mol. The van der Waals surface area contributed by atoms with Crippen molar-refractivity contribution in [1.29, 1.82) is 0 Å². The van der Waals surface area contributed by atoms with Gasteiger partial charge in [-0.15, -0.1) is 22.9 Å². The average molecular weight is 271 g/mol. The van der Waals surface area contributed by atoms with E-state index in [0.29, 0.717) is 11.3 Å². The molecule has 0 aliphatic heterocycles. The Bertz CT molecular complexity index is 524. The second kappa shape index (κ2) is 5.07. The van der Waals surface area contributed by atoms with Gasteiger partial charge in [-0.05, 0) is 31.2 Å². The van der Waals surface area contributed by atoms with Gasteiger partial charge in [0.1, 0.15) is 11.6 Å². The minimum atomic E-state index is -0.509. The molecule has 4 heteroatoms. The number of thiophene rings is 1. The Morgan fingerprint density at radius 2 is 2.06 bits per heavy atom. The summed E-state index contributed by atoms with van der Waals surface area (Å²) >= 11 is 7.89. The van der Waals surface area contributed by atoms with Crippen molar-refractivity contribution in [1.82, 2.24) is 0 Å². The minimum absolute atomic E-state index is 0.338. The Morgan fingerprint density at radius 1 is 1.29 bits per heavy atom. The van der Waals surface area contributed by atoms with Crippen molar-refractivity contribution < 1.29 is 9.13 Å². The van der Waals surface area contributed by atoms with Gasteiger partial charge in [0.15, 0.2) is 0 Å². The van der Waals surface area contributed by atoms with Crippen LogP contribution in [0.2, 0.25) is 0 Å². The number of benzene rings is 1. The number of hydrogen-bond acceptors (Lipinski definition) is 2. The molecule has 1 nitrogen and oxygen atoms in total. The Balaban J connectivity index is 2.46. The quantitative estimate of drug-likeness (QED) is 0.745. The standard InChI is InChI=1S/C13H12ClFOS/c1-8-6-7-11(17-8)13(14)12-9(15)4-3-5-10(12)16-2/h3-7,13H,1-2H3. The summed E-state index contributed by atoms with van der Waals surface area (Å²) in [6, 6.07) is 8.62. The molecule has 90 valence electrons. The normalized spacial score (nSPS) is 12.5. The van der Waals surface area contributed by atoms with Crippen molar-refractivity contribution in [2.75, 3.05) is 7.11 Å². The summed E-state index contributed by atoms with van der Waals surface area (Å²) in [4.78, 5) is 2.08. The van der Waals surface area contributed by atoms with E-state index in [1.165, 1.54) is 13.2 Å². The Kier molecular flexibility index (Phi) is 3.69. The summed E-state index contributed by atoms with van der Waals surface area (Å²) in [5.41, 5.74) is 0.401. The summed E-state index contributed by atoms with van der Waals surface area (Å²) in [5, 5.41) is -0.509. The molecule has 0 spiro atoms. The number of rotatable bonds is 3. The summed E-state index contributed by atoms with van der Waals surface area (Å²) in [5.74, 6) is 0.145. The van der Waals surface area contributed by atoms with Crippen molar-refractivity contribution in [2.45, 2.75) is 12.3 Å². The van der Waals surface area contributed by atoms with E-state index in [1.807, 2.05) is 19.1 Å².